The monoisotopic (exact) mass is 357 g/mol. The van der Waals surface area contributed by atoms with E-state index in [1.807, 2.05) is 24.3 Å². The molecule has 26 heavy (non-hydrogen) atoms. The van der Waals surface area contributed by atoms with Crippen molar-refractivity contribution in [3.05, 3.63) is 59.3 Å². The number of aryl methyl sites for hydroxylation is 1. The number of carbonyl (C=O) groups is 1. The van der Waals surface area contributed by atoms with Gasteiger partial charge in [0.15, 0.2) is 0 Å². The predicted octanol–water partition coefficient (Wildman–Crippen LogP) is 3.27. The van der Waals surface area contributed by atoms with Crippen LogP contribution >= 0.6 is 0 Å². The highest BCUT2D eigenvalue weighted by molar-refractivity contribution is 6.06. The molecule has 134 valence electrons. The highest BCUT2D eigenvalue weighted by atomic mass is 19.3. The van der Waals surface area contributed by atoms with Gasteiger partial charge in [-0.2, -0.15) is 13.9 Å². The number of anilines is 1. The van der Waals surface area contributed by atoms with E-state index >= 15 is 0 Å². The van der Waals surface area contributed by atoms with E-state index < -0.39 is 23.5 Å². The van der Waals surface area contributed by atoms with E-state index in [9.17, 15) is 18.7 Å². The molecule has 1 aromatic heterocycles. The van der Waals surface area contributed by atoms with Crippen molar-refractivity contribution in [2.75, 3.05) is 4.90 Å². The van der Waals surface area contributed by atoms with Crippen LogP contribution in [-0.2, 0) is 24.3 Å². The predicted molar refractivity (Wildman–Crippen MR) is 92.9 cm³/mol. The van der Waals surface area contributed by atoms with E-state index in [-0.39, 0.29) is 17.8 Å². The average molecular weight is 357 g/mol. The summed E-state index contributed by atoms with van der Waals surface area (Å²) in [7, 11) is 1.72. The van der Waals surface area contributed by atoms with Gasteiger partial charge < -0.3 is 10.0 Å². The Morgan fingerprint density at radius 2 is 1.92 bits per heavy atom. The SMILES string of the molecule is C[C@H](O)c1cccc2c1C(F)(F)C(=O)N2Cc1c2ccccc2nn1C. The summed E-state index contributed by atoms with van der Waals surface area (Å²) in [4.78, 5) is 13.6. The molecule has 2 aromatic carbocycles. The molecule has 5 nitrogen and oxygen atoms in total. The molecule has 0 fully saturated rings. The summed E-state index contributed by atoms with van der Waals surface area (Å²) in [5.41, 5.74) is 1.19. The molecule has 0 unspecified atom stereocenters. The number of carbonyl (C=O) groups excluding carboxylic acids is 1. The smallest absolute Gasteiger partial charge is 0.352 e. The van der Waals surface area contributed by atoms with Crippen molar-refractivity contribution in [2.45, 2.75) is 25.5 Å². The minimum Gasteiger partial charge on any atom is -0.389 e. The summed E-state index contributed by atoms with van der Waals surface area (Å²) >= 11 is 0. The minimum absolute atomic E-state index is 0.0261. The number of rotatable bonds is 3. The summed E-state index contributed by atoms with van der Waals surface area (Å²) in [5.74, 6) is -4.96. The molecule has 1 N–H and O–H groups in total. The Labute approximate surface area is 148 Å². The number of aliphatic hydroxyl groups is 1. The second-order valence-corrected chi connectivity index (χ2v) is 6.47. The first-order valence-electron chi connectivity index (χ1n) is 8.24. The molecule has 0 saturated carbocycles. The van der Waals surface area contributed by atoms with Gasteiger partial charge in [-0.3, -0.25) is 9.48 Å². The molecule has 0 radical (unpaired) electrons. The number of benzene rings is 2. The first-order valence-corrected chi connectivity index (χ1v) is 8.24. The number of fused-ring (bicyclic) bond motifs is 2. The lowest BCUT2D eigenvalue weighted by molar-refractivity contribution is -0.141. The van der Waals surface area contributed by atoms with Gasteiger partial charge in [-0.15, -0.1) is 0 Å². The van der Waals surface area contributed by atoms with Gasteiger partial charge in [0.25, 0.3) is 0 Å². The molecular weight excluding hydrogens is 340 g/mol. The first kappa shape index (κ1) is 16.7. The van der Waals surface area contributed by atoms with Crippen LogP contribution in [0.2, 0.25) is 0 Å². The van der Waals surface area contributed by atoms with Gasteiger partial charge in [-0.05, 0) is 24.6 Å². The zero-order chi connectivity index (χ0) is 18.6. The normalized spacial score (nSPS) is 17.0. The zero-order valence-electron chi connectivity index (χ0n) is 14.3. The van der Waals surface area contributed by atoms with Crippen molar-refractivity contribution in [1.29, 1.82) is 0 Å². The Kier molecular flexibility index (Phi) is 3.59. The third kappa shape index (κ3) is 2.24. The van der Waals surface area contributed by atoms with Crippen LogP contribution in [0, 0.1) is 0 Å². The van der Waals surface area contributed by atoms with Crippen molar-refractivity contribution < 1.29 is 18.7 Å². The van der Waals surface area contributed by atoms with Crippen LogP contribution in [0.15, 0.2) is 42.5 Å². The Balaban J connectivity index is 1.85. The molecule has 1 amide bonds. The average Bonchev–Trinajstić information content (AvgIpc) is 3.02. The number of halogens is 2. The molecule has 4 rings (SSSR count). The number of nitrogens with zero attached hydrogens (tertiary/aromatic N) is 3. The maximum Gasteiger partial charge on any atom is 0.352 e. The topological polar surface area (TPSA) is 58.4 Å². The molecule has 0 saturated heterocycles. The standard InChI is InChI=1S/C19H17F2N3O2/c1-11(25)12-7-5-9-15-17(12)19(20,21)18(26)24(15)10-16-13-6-3-4-8-14(13)22-23(16)2/h3-9,11,25H,10H2,1-2H3/t11-/m0/s1. The van der Waals surface area contributed by atoms with Gasteiger partial charge in [0.05, 0.1) is 35.1 Å². The van der Waals surface area contributed by atoms with Crippen LogP contribution in [0.4, 0.5) is 14.5 Å². The van der Waals surface area contributed by atoms with Crippen LogP contribution in [0.3, 0.4) is 0 Å². The van der Waals surface area contributed by atoms with Gasteiger partial charge in [-0.1, -0.05) is 30.3 Å². The molecule has 2 heterocycles. The highest BCUT2D eigenvalue weighted by Gasteiger charge is 2.54. The zero-order valence-corrected chi connectivity index (χ0v) is 14.3. The molecule has 1 aliphatic rings. The van der Waals surface area contributed by atoms with Crippen molar-refractivity contribution >= 4 is 22.5 Å². The highest BCUT2D eigenvalue weighted by Crippen LogP contribution is 2.48. The summed E-state index contributed by atoms with van der Waals surface area (Å²) in [6.45, 7) is 1.38. The van der Waals surface area contributed by atoms with Crippen molar-refractivity contribution in [3.8, 4) is 0 Å². The summed E-state index contributed by atoms with van der Waals surface area (Å²) in [6.07, 6.45) is -1.10. The molecule has 0 aliphatic carbocycles. The third-order valence-electron chi connectivity index (χ3n) is 4.81. The van der Waals surface area contributed by atoms with E-state index in [1.54, 1.807) is 17.8 Å². The van der Waals surface area contributed by atoms with E-state index in [2.05, 4.69) is 5.10 Å². The quantitative estimate of drug-likeness (QED) is 0.783. The molecular formula is C19H17F2N3O2. The summed E-state index contributed by atoms with van der Waals surface area (Å²) < 4.78 is 31.0. The number of hydrogen-bond donors (Lipinski definition) is 1. The lowest BCUT2D eigenvalue weighted by Crippen LogP contribution is -2.34. The molecule has 7 heteroatoms. The number of aromatic nitrogens is 2. The number of hydrogen-bond acceptors (Lipinski definition) is 3. The van der Waals surface area contributed by atoms with Crippen molar-refractivity contribution in [1.82, 2.24) is 9.78 Å². The van der Waals surface area contributed by atoms with Crippen molar-refractivity contribution in [2.24, 2.45) is 7.05 Å². The fraction of sp³-hybridized carbons (Fsp3) is 0.263. The fourth-order valence-electron chi connectivity index (χ4n) is 3.55. The van der Waals surface area contributed by atoms with Gasteiger partial charge >= 0.3 is 11.8 Å². The lowest BCUT2D eigenvalue weighted by Gasteiger charge is -2.18. The second-order valence-electron chi connectivity index (χ2n) is 6.47. The van der Waals surface area contributed by atoms with Crippen LogP contribution in [0.1, 0.15) is 29.8 Å². The van der Waals surface area contributed by atoms with Gasteiger partial charge in [0, 0.05) is 12.4 Å². The summed E-state index contributed by atoms with van der Waals surface area (Å²) in [6, 6.07) is 11.9. The van der Waals surface area contributed by atoms with Gasteiger partial charge in [0.1, 0.15) is 0 Å². The van der Waals surface area contributed by atoms with E-state index in [0.29, 0.717) is 5.69 Å². The largest absolute Gasteiger partial charge is 0.389 e. The Bertz CT molecular complexity index is 1030. The van der Waals surface area contributed by atoms with Gasteiger partial charge in [-0.25, -0.2) is 0 Å². The lowest BCUT2D eigenvalue weighted by atomic mass is 9.98. The first-order chi connectivity index (χ1) is 12.3. The number of amides is 1. The van der Waals surface area contributed by atoms with Crippen LogP contribution < -0.4 is 4.90 Å². The maximum absolute atomic E-state index is 14.7. The van der Waals surface area contributed by atoms with Gasteiger partial charge in [0.2, 0.25) is 0 Å². The molecule has 1 aliphatic heterocycles. The molecule has 0 bridgehead atoms. The second kappa shape index (κ2) is 5.60. The van der Waals surface area contributed by atoms with Crippen LogP contribution in [0.5, 0.6) is 0 Å². The Hall–Kier alpha value is -2.80. The Morgan fingerprint density at radius 3 is 2.65 bits per heavy atom. The number of aliphatic hydroxyl groups excluding tert-OH is 1. The van der Waals surface area contributed by atoms with Crippen LogP contribution in [-0.4, -0.2) is 20.8 Å². The molecule has 0 spiro atoms. The maximum atomic E-state index is 14.7. The van der Waals surface area contributed by atoms with Crippen molar-refractivity contribution in [3.63, 3.8) is 0 Å². The Morgan fingerprint density at radius 1 is 1.19 bits per heavy atom. The minimum atomic E-state index is -3.67. The summed E-state index contributed by atoms with van der Waals surface area (Å²) in [5, 5.41) is 15.0. The van der Waals surface area contributed by atoms with E-state index in [4.69, 9.17) is 0 Å². The molecule has 1 atom stereocenters. The third-order valence-corrected chi connectivity index (χ3v) is 4.81. The van der Waals surface area contributed by atoms with E-state index in [1.165, 1.54) is 19.1 Å². The fourth-order valence-corrected chi connectivity index (χ4v) is 3.55. The van der Waals surface area contributed by atoms with Crippen LogP contribution in [0.25, 0.3) is 10.9 Å². The number of alkyl halides is 2. The van der Waals surface area contributed by atoms with E-state index in [0.717, 1.165) is 15.8 Å². The molecule has 3 aromatic rings.